The molecule has 1 aromatic rings. The van der Waals surface area contributed by atoms with E-state index < -0.39 is 5.97 Å². The normalized spacial score (nSPS) is 21.5. The van der Waals surface area contributed by atoms with E-state index in [9.17, 15) is 9.59 Å². The zero-order valence-electron chi connectivity index (χ0n) is 12.1. The Bertz CT molecular complexity index is 517. The molecule has 0 bridgehead atoms. The van der Waals surface area contributed by atoms with Crippen LogP contribution in [0.15, 0.2) is 0 Å². The molecule has 1 aliphatic carbocycles. The van der Waals surface area contributed by atoms with Gasteiger partial charge in [0.2, 0.25) is 5.13 Å². The average Bonchev–Trinajstić information content (AvgIpc) is 2.98. The van der Waals surface area contributed by atoms with Gasteiger partial charge in [-0.1, -0.05) is 25.2 Å². The predicted molar refractivity (Wildman–Crippen MR) is 79.4 cm³/mol. The molecule has 0 spiro atoms. The van der Waals surface area contributed by atoms with Crippen molar-refractivity contribution in [2.24, 2.45) is 11.8 Å². The van der Waals surface area contributed by atoms with E-state index in [1.54, 1.807) is 0 Å². The summed E-state index contributed by atoms with van der Waals surface area (Å²) in [6.45, 7) is 4.19. The molecule has 2 amide bonds. The van der Waals surface area contributed by atoms with E-state index in [1.165, 1.54) is 11.3 Å². The molecule has 1 heterocycles. The molecule has 2 unspecified atom stereocenters. The van der Waals surface area contributed by atoms with Crippen LogP contribution in [0.5, 0.6) is 0 Å². The number of nitrogens with one attached hydrogen (secondary N) is 2. The quantitative estimate of drug-likeness (QED) is 0.772. The maximum Gasteiger partial charge on any atom is 0.321 e. The first kappa shape index (κ1) is 15.7. The summed E-state index contributed by atoms with van der Waals surface area (Å²) in [5.41, 5.74) is 0. The molecule has 8 heteroatoms. The maximum atomic E-state index is 11.8. The lowest BCUT2D eigenvalue weighted by Gasteiger charge is -2.11. The van der Waals surface area contributed by atoms with Gasteiger partial charge < -0.3 is 10.4 Å². The largest absolute Gasteiger partial charge is 0.481 e. The van der Waals surface area contributed by atoms with Crippen LogP contribution in [0.2, 0.25) is 0 Å². The number of aromatic nitrogens is 2. The molecule has 7 nitrogen and oxygen atoms in total. The van der Waals surface area contributed by atoms with Crippen LogP contribution in [0.4, 0.5) is 9.93 Å². The summed E-state index contributed by atoms with van der Waals surface area (Å²) in [4.78, 5) is 22.7. The molecule has 0 radical (unpaired) electrons. The fourth-order valence-corrected chi connectivity index (χ4v) is 3.34. The van der Waals surface area contributed by atoms with Gasteiger partial charge in [-0.2, -0.15) is 0 Å². The van der Waals surface area contributed by atoms with Gasteiger partial charge >= 0.3 is 12.0 Å². The van der Waals surface area contributed by atoms with E-state index in [2.05, 4.69) is 34.7 Å². The minimum absolute atomic E-state index is 0.0887. The number of hydrogen-bond donors (Lipinski definition) is 3. The van der Waals surface area contributed by atoms with Crippen LogP contribution in [0.1, 0.15) is 38.1 Å². The molecule has 0 saturated heterocycles. The van der Waals surface area contributed by atoms with Crippen molar-refractivity contribution in [3.8, 4) is 0 Å². The topological polar surface area (TPSA) is 104 Å². The number of carbonyl (C=O) groups is 2. The van der Waals surface area contributed by atoms with Crippen molar-refractivity contribution in [1.29, 1.82) is 0 Å². The van der Waals surface area contributed by atoms with Gasteiger partial charge in [0.15, 0.2) is 0 Å². The number of anilines is 1. The summed E-state index contributed by atoms with van der Waals surface area (Å²) in [5, 5.41) is 23.7. The molecule has 1 aromatic heterocycles. The molecule has 2 atom stereocenters. The number of urea groups is 1. The molecule has 1 fully saturated rings. The van der Waals surface area contributed by atoms with Crippen molar-refractivity contribution in [2.75, 3.05) is 5.32 Å². The highest BCUT2D eigenvalue weighted by molar-refractivity contribution is 7.15. The van der Waals surface area contributed by atoms with E-state index in [0.717, 1.165) is 11.4 Å². The number of aliphatic carboxylic acids is 1. The SMILES string of the molecule is CC(C)Cc1nnc(NC(=O)NC2CCC(C(=O)O)C2)s1. The van der Waals surface area contributed by atoms with Crippen molar-refractivity contribution in [3.05, 3.63) is 5.01 Å². The number of carboxylic acids is 1. The zero-order chi connectivity index (χ0) is 15.4. The van der Waals surface area contributed by atoms with Gasteiger partial charge in [0.25, 0.3) is 0 Å². The number of hydrogen-bond acceptors (Lipinski definition) is 5. The van der Waals surface area contributed by atoms with E-state index in [-0.39, 0.29) is 18.0 Å². The van der Waals surface area contributed by atoms with Crippen LogP contribution < -0.4 is 10.6 Å². The molecular weight excluding hydrogens is 292 g/mol. The third-order valence-corrected chi connectivity index (χ3v) is 4.25. The van der Waals surface area contributed by atoms with Gasteiger partial charge in [0.05, 0.1) is 5.92 Å². The van der Waals surface area contributed by atoms with Gasteiger partial charge in [0.1, 0.15) is 5.01 Å². The molecule has 1 saturated carbocycles. The first-order chi connectivity index (χ1) is 9.94. The van der Waals surface area contributed by atoms with Crippen molar-refractivity contribution in [1.82, 2.24) is 15.5 Å². The number of rotatable bonds is 5. The van der Waals surface area contributed by atoms with E-state index in [4.69, 9.17) is 5.11 Å². The van der Waals surface area contributed by atoms with Crippen LogP contribution in [0.3, 0.4) is 0 Å². The van der Waals surface area contributed by atoms with Crippen molar-refractivity contribution in [3.63, 3.8) is 0 Å². The Kier molecular flexibility index (Phi) is 5.11. The molecule has 21 heavy (non-hydrogen) atoms. The molecule has 3 N–H and O–H groups in total. The van der Waals surface area contributed by atoms with Gasteiger partial charge in [0, 0.05) is 12.5 Å². The summed E-state index contributed by atoms with van der Waals surface area (Å²) in [5.74, 6) is -0.650. The van der Waals surface area contributed by atoms with Gasteiger partial charge in [-0.25, -0.2) is 4.79 Å². The Labute approximate surface area is 127 Å². The second-order valence-electron chi connectivity index (χ2n) is 5.74. The summed E-state index contributed by atoms with van der Waals surface area (Å²) < 4.78 is 0. The highest BCUT2D eigenvalue weighted by Gasteiger charge is 2.30. The van der Waals surface area contributed by atoms with Crippen LogP contribution in [-0.4, -0.2) is 33.3 Å². The van der Waals surface area contributed by atoms with E-state index >= 15 is 0 Å². The first-order valence-corrected chi connectivity index (χ1v) is 7.88. The van der Waals surface area contributed by atoms with E-state index in [1.807, 2.05) is 0 Å². The summed E-state index contributed by atoms with van der Waals surface area (Å²) in [6, 6.07) is -0.438. The number of nitrogens with zero attached hydrogens (tertiary/aromatic N) is 2. The van der Waals surface area contributed by atoms with Crippen LogP contribution >= 0.6 is 11.3 Å². The summed E-state index contributed by atoms with van der Waals surface area (Å²) in [6.07, 6.45) is 2.62. The van der Waals surface area contributed by atoms with Crippen LogP contribution in [0.25, 0.3) is 0 Å². The van der Waals surface area contributed by atoms with E-state index in [0.29, 0.717) is 30.3 Å². The fraction of sp³-hybridized carbons (Fsp3) is 0.692. The van der Waals surface area contributed by atoms with Crippen molar-refractivity contribution in [2.45, 2.75) is 45.6 Å². The molecule has 1 aliphatic rings. The van der Waals surface area contributed by atoms with Crippen LogP contribution in [-0.2, 0) is 11.2 Å². The standard InChI is InChI=1S/C13H20N4O3S/c1-7(2)5-10-16-17-13(21-10)15-12(20)14-9-4-3-8(6-9)11(18)19/h7-9H,3-6H2,1-2H3,(H,18,19)(H2,14,15,17,20). The van der Waals surface area contributed by atoms with Gasteiger partial charge in [-0.05, 0) is 25.2 Å². The predicted octanol–water partition coefficient (Wildman–Crippen LogP) is 2.11. The number of amides is 2. The maximum absolute atomic E-state index is 11.8. The van der Waals surface area contributed by atoms with Crippen LogP contribution in [0, 0.1) is 11.8 Å². The number of carboxylic acid groups (broad SMARTS) is 1. The molecule has 2 rings (SSSR count). The van der Waals surface area contributed by atoms with Crippen molar-refractivity contribution >= 4 is 28.5 Å². The Morgan fingerprint density at radius 2 is 2.14 bits per heavy atom. The number of carbonyl (C=O) groups excluding carboxylic acids is 1. The first-order valence-electron chi connectivity index (χ1n) is 7.06. The van der Waals surface area contributed by atoms with Crippen molar-refractivity contribution < 1.29 is 14.7 Å². The van der Waals surface area contributed by atoms with Gasteiger partial charge in [-0.15, -0.1) is 10.2 Å². The monoisotopic (exact) mass is 312 g/mol. The summed E-state index contributed by atoms with van der Waals surface area (Å²) in [7, 11) is 0. The third-order valence-electron chi connectivity index (χ3n) is 3.39. The fourth-order valence-electron chi connectivity index (χ4n) is 2.39. The molecular formula is C13H20N4O3S. The minimum atomic E-state index is -0.790. The average molecular weight is 312 g/mol. The minimum Gasteiger partial charge on any atom is -0.481 e. The second kappa shape index (κ2) is 6.84. The Balaban J connectivity index is 1.79. The highest BCUT2D eigenvalue weighted by atomic mass is 32.1. The smallest absolute Gasteiger partial charge is 0.321 e. The summed E-state index contributed by atoms with van der Waals surface area (Å²) >= 11 is 1.36. The zero-order valence-corrected chi connectivity index (χ0v) is 12.9. The lowest BCUT2D eigenvalue weighted by molar-refractivity contribution is -0.141. The highest BCUT2D eigenvalue weighted by Crippen LogP contribution is 2.25. The molecule has 0 aromatic carbocycles. The van der Waals surface area contributed by atoms with Gasteiger partial charge in [-0.3, -0.25) is 10.1 Å². The molecule has 0 aliphatic heterocycles. The Morgan fingerprint density at radius 3 is 2.76 bits per heavy atom. The Morgan fingerprint density at radius 1 is 1.38 bits per heavy atom. The second-order valence-corrected chi connectivity index (χ2v) is 6.80. The Hall–Kier alpha value is -1.70. The molecule has 116 valence electrons. The third kappa shape index (κ3) is 4.66. The lowest BCUT2D eigenvalue weighted by Crippen LogP contribution is -2.36. The lowest BCUT2D eigenvalue weighted by atomic mass is 10.1.